The molecular formula is C12H19NO5S. The number of carbonyl (C=O) groups excluding carboxylic acids is 1. The Morgan fingerprint density at radius 2 is 1.95 bits per heavy atom. The van der Waals surface area contributed by atoms with Crippen molar-refractivity contribution in [1.29, 1.82) is 0 Å². The summed E-state index contributed by atoms with van der Waals surface area (Å²) >= 11 is 0. The van der Waals surface area contributed by atoms with Crippen molar-refractivity contribution in [3.05, 3.63) is 0 Å². The van der Waals surface area contributed by atoms with Crippen molar-refractivity contribution >= 4 is 21.7 Å². The molecule has 108 valence electrons. The Kier molecular flexibility index (Phi) is 3.16. The zero-order chi connectivity index (χ0) is 14.5. The third-order valence-corrected chi connectivity index (χ3v) is 5.89. The van der Waals surface area contributed by atoms with Crippen LogP contribution in [0.2, 0.25) is 0 Å². The summed E-state index contributed by atoms with van der Waals surface area (Å²) in [6, 6.07) is 0. The number of carbonyl (C=O) groups is 2. The molecule has 0 bridgehead atoms. The highest BCUT2D eigenvalue weighted by atomic mass is 32.2. The Balaban J connectivity index is 1.93. The fourth-order valence-corrected chi connectivity index (χ4v) is 4.02. The van der Waals surface area contributed by atoms with E-state index in [0.717, 1.165) is 19.1 Å². The third-order valence-electron chi connectivity index (χ3n) is 4.24. The van der Waals surface area contributed by atoms with Gasteiger partial charge in [-0.05, 0) is 24.7 Å². The zero-order valence-electron chi connectivity index (χ0n) is 11.1. The number of nitrogens with one attached hydrogen (secondary N) is 1. The smallest absolute Gasteiger partial charge is 0.312 e. The van der Waals surface area contributed by atoms with Gasteiger partial charge < -0.3 is 10.4 Å². The third kappa shape index (κ3) is 2.91. The SMILES string of the molecule is CC1(CC(=O)NC[C@]2(C(=O)O)C[C@@H]2S(C)(=O)=O)CC1. The molecule has 0 aromatic heterocycles. The molecule has 0 saturated heterocycles. The Labute approximate surface area is 112 Å². The van der Waals surface area contributed by atoms with Crippen LogP contribution in [0.25, 0.3) is 0 Å². The molecule has 19 heavy (non-hydrogen) atoms. The van der Waals surface area contributed by atoms with E-state index in [1.165, 1.54) is 0 Å². The molecule has 0 heterocycles. The van der Waals surface area contributed by atoms with Crippen LogP contribution in [0.4, 0.5) is 0 Å². The van der Waals surface area contributed by atoms with Crippen molar-refractivity contribution < 1.29 is 23.1 Å². The highest BCUT2D eigenvalue weighted by Crippen LogP contribution is 2.51. The van der Waals surface area contributed by atoms with Gasteiger partial charge in [-0.2, -0.15) is 0 Å². The van der Waals surface area contributed by atoms with E-state index < -0.39 is 26.5 Å². The minimum Gasteiger partial charge on any atom is -0.481 e. The summed E-state index contributed by atoms with van der Waals surface area (Å²) in [7, 11) is -3.39. The molecule has 0 aliphatic heterocycles. The topological polar surface area (TPSA) is 101 Å². The summed E-state index contributed by atoms with van der Waals surface area (Å²) < 4.78 is 22.8. The highest BCUT2D eigenvalue weighted by Gasteiger charge is 2.65. The molecule has 0 spiro atoms. The standard InChI is InChI=1S/C12H19NO5S/c1-11(3-4-11)6-9(14)13-7-12(10(15)16)5-8(12)19(2,17)18/h8H,3-7H2,1-2H3,(H,13,14)(H,15,16)/t8-,12+/m0/s1. The summed E-state index contributed by atoms with van der Waals surface area (Å²) in [5, 5.41) is 10.9. The summed E-state index contributed by atoms with van der Waals surface area (Å²) in [4.78, 5) is 22.9. The molecule has 0 aromatic rings. The average molecular weight is 289 g/mol. The second kappa shape index (κ2) is 4.19. The van der Waals surface area contributed by atoms with Gasteiger partial charge in [-0.3, -0.25) is 9.59 Å². The highest BCUT2D eigenvalue weighted by molar-refractivity contribution is 7.91. The van der Waals surface area contributed by atoms with Crippen molar-refractivity contribution in [3.8, 4) is 0 Å². The van der Waals surface area contributed by atoms with Gasteiger partial charge >= 0.3 is 5.97 Å². The minimum absolute atomic E-state index is 0.0558. The summed E-state index contributed by atoms with van der Waals surface area (Å²) in [5.74, 6) is -1.35. The molecule has 6 nitrogen and oxygen atoms in total. The quantitative estimate of drug-likeness (QED) is 0.726. The number of rotatable bonds is 6. The maximum absolute atomic E-state index is 11.7. The van der Waals surface area contributed by atoms with Crippen LogP contribution in [0.1, 0.15) is 32.6 Å². The van der Waals surface area contributed by atoms with Crippen LogP contribution in [0.15, 0.2) is 0 Å². The van der Waals surface area contributed by atoms with Crippen molar-refractivity contribution in [2.45, 2.75) is 37.9 Å². The predicted molar refractivity (Wildman–Crippen MR) is 68.3 cm³/mol. The summed E-state index contributed by atoms with van der Waals surface area (Å²) in [6.45, 7) is 1.91. The molecule has 2 N–H and O–H groups in total. The minimum atomic E-state index is -3.39. The van der Waals surface area contributed by atoms with E-state index in [2.05, 4.69) is 5.32 Å². The van der Waals surface area contributed by atoms with E-state index in [1.807, 2.05) is 6.92 Å². The number of amides is 1. The van der Waals surface area contributed by atoms with E-state index in [9.17, 15) is 23.1 Å². The van der Waals surface area contributed by atoms with E-state index in [1.54, 1.807) is 0 Å². The van der Waals surface area contributed by atoms with Crippen LogP contribution in [0, 0.1) is 10.8 Å². The maximum atomic E-state index is 11.7. The van der Waals surface area contributed by atoms with Gasteiger partial charge in [-0.1, -0.05) is 6.92 Å². The largest absolute Gasteiger partial charge is 0.481 e. The van der Waals surface area contributed by atoms with E-state index in [4.69, 9.17) is 0 Å². The molecule has 0 unspecified atom stereocenters. The lowest BCUT2D eigenvalue weighted by atomic mass is 10.0. The van der Waals surface area contributed by atoms with Gasteiger partial charge in [0.25, 0.3) is 0 Å². The van der Waals surface area contributed by atoms with Crippen molar-refractivity contribution in [1.82, 2.24) is 5.32 Å². The molecule has 2 rings (SSSR count). The van der Waals surface area contributed by atoms with Gasteiger partial charge in [0, 0.05) is 19.2 Å². The lowest BCUT2D eigenvalue weighted by molar-refractivity contribution is -0.143. The molecule has 0 aromatic carbocycles. The summed E-state index contributed by atoms with van der Waals surface area (Å²) in [6.07, 6.45) is 3.52. The summed E-state index contributed by atoms with van der Waals surface area (Å²) in [5.41, 5.74) is -1.27. The second-order valence-corrected chi connectivity index (χ2v) is 8.48. The van der Waals surface area contributed by atoms with E-state index in [-0.39, 0.29) is 24.3 Å². The molecule has 1 amide bonds. The molecule has 0 radical (unpaired) electrons. The van der Waals surface area contributed by atoms with E-state index in [0.29, 0.717) is 6.42 Å². The lowest BCUT2D eigenvalue weighted by Crippen LogP contribution is -2.38. The predicted octanol–water partition coefficient (Wildman–Crippen LogP) is 0.181. The number of carboxylic acid groups (broad SMARTS) is 1. The first-order chi connectivity index (χ1) is 8.59. The van der Waals surface area contributed by atoms with Gasteiger partial charge in [0.2, 0.25) is 5.91 Å². The number of carboxylic acids is 1. The maximum Gasteiger partial charge on any atom is 0.312 e. The van der Waals surface area contributed by atoms with Crippen LogP contribution >= 0.6 is 0 Å². The number of sulfone groups is 1. The number of hydrogen-bond acceptors (Lipinski definition) is 4. The molecular weight excluding hydrogens is 270 g/mol. The first-order valence-electron chi connectivity index (χ1n) is 6.28. The molecule has 7 heteroatoms. The van der Waals surface area contributed by atoms with Crippen LogP contribution < -0.4 is 5.32 Å². The van der Waals surface area contributed by atoms with Crippen molar-refractivity contribution in [2.75, 3.05) is 12.8 Å². The molecule has 2 aliphatic rings. The van der Waals surface area contributed by atoms with Gasteiger partial charge in [0.05, 0.1) is 5.25 Å². The van der Waals surface area contributed by atoms with Gasteiger partial charge in [-0.15, -0.1) is 0 Å². The Bertz CT molecular complexity index is 522. The molecule has 2 atom stereocenters. The van der Waals surface area contributed by atoms with Crippen LogP contribution in [-0.4, -0.2) is 43.5 Å². The second-order valence-electron chi connectivity index (χ2n) is 6.25. The normalized spacial score (nSPS) is 31.6. The van der Waals surface area contributed by atoms with E-state index >= 15 is 0 Å². The fourth-order valence-electron chi connectivity index (χ4n) is 2.42. The zero-order valence-corrected chi connectivity index (χ0v) is 11.9. The number of hydrogen-bond donors (Lipinski definition) is 2. The van der Waals surface area contributed by atoms with Gasteiger partial charge in [0.1, 0.15) is 5.41 Å². The Morgan fingerprint density at radius 3 is 2.32 bits per heavy atom. The monoisotopic (exact) mass is 289 g/mol. The Hall–Kier alpha value is -1.11. The molecule has 2 fully saturated rings. The van der Waals surface area contributed by atoms with Crippen molar-refractivity contribution in [2.24, 2.45) is 10.8 Å². The van der Waals surface area contributed by atoms with Crippen LogP contribution in [0.3, 0.4) is 0 Å². The van der Waals surface area contributed by atoms with Gasteiger partial charge in [0.15, 0.2) is 9.84 Å². The lowest BCUT2D eigenvalue weighted by Gasteiger charge is -2.14. The Morgan fingerprint density at radius 1 is 1.37 bits per heavy atom. The number of aliphatic carboxylic acids is 1. The van der Waals surface area contributed by atoms with Gasteiger partial charge in [-0.25, -0.2) is 8.42 Å². The molecule has 2 saturated carbocycles. The van der Waals surface area contributed by atoms with Crippen molar-refractivity contribution in [3.63, 3.8) is 0 Å². The van der Waals surface area contributed by atoms with Crippen LogP contribution in [0.5, 0.6) is 0 Å². The first-order valence-corrected chi connectivity index (χ1v) is 8.24. The fraction of sp³-hybridized carbons (Fsp3) is 0.833. The molecule has 2 aliphatic carbocycles. The first kappa shape index (κ1) is 14.3. The van der Waals surface area contributed by atoms with Crippen LogP contribution in [-0.2, 0) is 19.4 Å². The average Bonchev–Trinajstić information content (AvgIpc) is 3.11.